The van der Waals surface area contributed by atoms with E-state index in [0.29, 0.717) is 0 Å². The molecule has 0 aromatic rings. The van der Waals surface area contributed by atoms with Crippen molar-refractivity contribution in [2.24, 2.45) is 11.7 Å². The average molecular weight is 187 g/mol. The summed E-state index contributed by atoms with van der Waals surface area (Å²) >= 11 is 0. The number of nitrogens with one attached hydrogen (secondary N) is 2. The van der Waals surface area contributed by atoms with Crippen LogP contribution in [0.15, 0.2) is 0 Å². The van der Waals surface area contributed by atoms with Crippen molar-refractivity contribution in [1.82, 2.24) is 5.32 Å². The van der Waals surface area contributed by atoms with E-state index in [4.69, 9.17) is 11.1 Å². The lowest BCUT2D eigenvalue weighted by molar-refractivity contribution is -0.117. The second-order valence-corrected chi connectivity index (χ2v) is 2.80. The van der Waals surface area contributed by atoms with Gasteiger partial charge < -0.3 is 11.1 Å². The third kappa shape index (κ3) is 4.03. The lowest BCUT2D eigenvalue weighted by Gasteiger charge is -2.20. The van der Waals surface area contributed by atoms with E-state index in [9.17, 15) is 4.79 Å². The molecule has 0 aromatic carbocycles. The smallest absolute Gasteiger partial charge is 0.200 e. The SMILES string of the molecule is CC.N=C(N)C(=O)C1CCNCC1.[HH]. The highest BCUT2D eigenvalue weighted by atomic mass is 16.1. The third-order valence-corrected chi connectivity index (χ3v) is 1.98. The summed E-state index contributed by atoms with van der Waals surface area (Å²) in [5.74, 6) is -0.489. The maximum atomic E-state index is 11.1. The van der Waals surface area contributed by atoms with Crippen LogP contribution in [0, 0.1) is 11.3 Å². The van der Waals surface area contributed by atoms with Gasteiger partial charge in [-0.1, -0.05) is 13.8 Å². The topological polar surface area (TPSA) is 79.0 Å². The fourth-order valence-electron chi connectivity index (χ4n) is 1.30. The van der Waals surface area contributed by atoms with Crippen molar-refractivity contribution in [2.75, 3.05) is 13.1 Å². The predicted molar refractivity (Wildman–Crippen MR) is 56.0 cm³/mol. The second-order valence-electron chi connectivity index (χ2n) is 2.80. The van der Waals surface area contributed by atoms with Crippen LogP contribution in [0.4, 0.5) is 0 Å². The summed E-state index contributed by atoms with van der Waals surface area (Å²) in [6, 6.07) is 0. The van der Waals surface area contributed by atoms with Crippen LogP contribution in [0.3, 0.4) is 0 Å². The van der Waals surface area contributed by atoms with E-state index in [1.807, 2.05) is 13.8 Å². The molecular weight excluding hydrogens is 166 g/mol. The zero-order valence-electron chi connectivity index (χ0n) is 8.39. The van der Waals surface area contributed by atoms with Crippen LogP contribution in [-0.2, 0) is 4.79 Å². The molecule has 0 atom stereocenters. The number of amidine groups is 1. The van der Waals surface area contributed by atoms with Crippen LogP contribution in [0.2, 0.25) is 0 Å². The van der Waals surface area contributed by atoms with Crippen LogP contribution in [0.5, 0.6) is 0 Å². The number of hydrogen-bond acceptors (Lipinski definition) is 3. The molecule has 1 fully saturated rings. The Labute approximate surface area is 80.9 Å². The van der Waals surface area contributed by atoms with Gasteiger partial charge in [-0.05, 0) is 25.9 Å². The summed E-state index contributed by atoms with van der Waals surface area (Å²) in [6.45, 7) is 5.73. The minimum atomic E-state index is -0.295. The summed E-state index contributed by atoms with van der Waals surface area (Å²) in [6.07, 6.45) is 1.64. The van der Waals surface area contributed by atoms with Gasteiger partial charge in [-0.25, -0.2) is 0 Å². The van der Waals surface area contributed by atoms with Gasteiger partial charge in [-0.3, -0.25) is 10.2 Å². The Bertz CT molecular complexity index is 179. The van der Waals surface area contributed by atoms with Crippen molar-refractivity contribution in [3.05, 3.63) is 0 Å². The highest BCUT2D eigenvalue weighted by Crippen LogP contribution is 2.11. The van der Waals surface area contributed by atoms with Crippen LogP contribution in [-0.4, -0.2) is 24.7 Å². The van der Waals surface area contributed by atoms with Gasteiger partial charge in [0.2, 0.25) is 0 Å². The van der Waals surface area contributed by atoms with Gasteiger partial charge in [-0.15, -0.1) is 0 Å². The molecule has 1 saturated heterocycles. The van der Waals surface area contributed by atoms with Crippen molar-refractivity contribution < 1.29 is 6.22 Å². The molecule has 13 heavy (non-hydrogen) atoms. The van der Waals surface area contributed by atoms with E-state index in [1.165, 1.54) is 0 Å². The zero-order valence-corrected chi connectivity index (χ0v) is 8.39. The number of nitrogens with two attached hydrogens (primary N) is 1. The standard InChI is InChI=1S/C7H13N3O.C2H6.H2/c8-7(9)6(11)5-1-3-10-4-2-5;1-2;/h5,10H,1-4H2,(H3,8,9);1-2H3;1H. The minimum Gasteiger partial charge on any atom is -0.381 e. The molecule has 4 nitrogen and oxygen atoms in total. The van der Waals surface area contributed by atoms with Crippen LogP contribution in [0.1, 0.15) is 28.1 Å². The number of carbonyl (C=O) groups is 1. The highest BCUT2D eigenvalue weighted by molar-refractivity contribution is 6.37. The van der Waals surface area contributed by atoms with E-state index in [0.717, 1.165) is 25.9 Å². The van der Waals surface area contributed by atoms with Gasteiger partial charge in [0, 0.05) is 7.34 Å². The molecule has 78 valence electrons. The maximum Gasteiger partial charge on any atom is 0.200 e. The summed E-state index contributed by atoms with van der Waals surface area (Å²) in [7, 11) is 0. The lowest BCUT2D eigenvalue weighted by Crippen LogP contribution is -2.37. The van der Waals surface area contributed by atoms with E-state index < -0.39 is 0 Å². The Balaban J connectivity index is 0. The Kier molecular flexibility index (Phi) is 6.14. The van der Waals surface area contributed by atoms with Gasteiger partial charge in [0.05, 0.1) is 0 Å². The second kappa shape index (κ2) is 6.60. The van der Waals surface area contributed by atoms with Gasteiger partial charge in [0.25, 0.3) is 0 Å². The lowest BCUT2D eigenvalue weighted by atomic mass is 9.93. The highest BCUT2D eigenvalue weighted by Gasteiger charge is 2.22. The number of ketones is 1. The molecular formula is C9H21N3O. The quantitative estimate of drug-likeness (QED) is 0.441. The fourth-order valence-corrected chi connectivity index (χ4v) is 1.30. The number of carbonyl (C=O) groups excluding carboxylic acids is 1. The molecule has 1 aliphatic heterocycles. The Hall–Kier alpha value is -0.900. The summed E-state index contributed by atoms with van der Waals surface area (Å²) in [5, 5.41) is 10.1. The normalized spacial score (nSPS) is 17.1. The van der Waals surface area contributed by atoms with Gasteiger partial charge in [0.15, 0.2) is 11.6 Å². The zero-order chi connectivity index (χ0) is 10.3. The third-order valence-electron chi connectivity index (χ3n) is 1.98. The first-order valence-corrected chi connectivity index (χ1v) is 4.81. The molecule has 1 aliphatic rings. The Morgan fingerprint density at radius 2 is 1.92 bits per heavy atom. The molecule has 4 heteroatoms. The van der Waals surface area contributed by atoms with Crippen molar-refractivity contribution in [3.63, 3.8) is 0 Å². The number of Topliss-reactive ketones (excluding diaryl/α,β-unsaturated/α-hetero) is 1. The molecule has 0 amide bonds. The largest absolute Gasteiger partial charge is 0.381 e. The molecule has 0 saturated carbocycles. The molecule has 0 aromatic heterocycles. The first kappa shape index (κ1) is 12.1. The molecule has 0 aliphatic carbocycles. The molecule has 0 unspecified atom stereocenters. The molecule has 4 N–H and O–H groups in total. The molecule has 0 spiro atoms. The van der Waals surface area contributed by atoms with Crippen molar-refractivity contribution >= 4 is 11.6 Å². The van der Waals surface area contributed by atoms with Gasteiger partial charge in [-0.2, -0.15) is 0 Å². The summed E-state index contributed by atoms with van der Waals surface area (Å²) in [5.41, 5.74) is 5.08. The Morgan fingerprint density at radius 3 is 2.31 bits per heavy atom. The van der Waals surface area contributed by atoms with Crippen LogP contribution in [0.25, 0.3) is 0 Å². The molecule has 0 bridgehead atoms. The number of rotatable bonds is 2. The summed E-state index contributed by atoms with van der Waals surface area (Å²) in [4.78, 5) is 11.1. The van der Waals surface area contributed by atoms with E-state index in [1.54, 1.807) is 0 Å². The minimum absolute atomic E-state index is 0. The molecule has 1 rings (SSSR count). The van der Waals surface area contributed by atoms with Gasteiger partial charge in [0.1, 0.15) is 0 Å². The Morgan fingerprint density at radius 1 is 1.46 bits per heavy atom. The van der Waals surface area contributed by atoms with Crippen LogP contribution >= 0.6 is 0 Å². The monoisotopic (exact) mass is 187 g/mol. The van der Waals surface area contributed by atoms with Gasteiger partial charge >= 0.3 is 0 Å². The van der Waals surface area contributed by atoms with E-state index in [2.05, 4.69) is 5.32 Å². The van der Waals surface area contributed by atoms with E-state index in [-0.39, 0.29) is 19.0 Å². The van der Waals surface area contributed by atoms with Crippen molar-refractivity contribution in [2.45, 2.75) is 26.7 Å². The van der Waals surface area contributed by atoms with Crippen molar-refractivity contribution in [3.8, 4) is 0 Å². The predicted octanol–water partition coefficient (Wildman–Crippen LogP) is 0.763. The maximum absolute atomic E-state index is 11.1. The van der Waals surface area contributed by atoms with Crippen LogP contribution < -0.4 is 11.1 Å². The molecule has 1 heterocycles. The average Bonchev–Trinajstić information content (AvgIpc) is 2.21. The van der Waals surface area contributed by atoms with E-state index >= 15 is 0 Å². The first-order valence-electron chi connectivity index (χ1n) is 4.81. The number of piperidine rings is 1. The summed E-state index contributed by atoms with van der Waals surface area (Å²) < 4.78 is 0. The fraction of sp³-hybridized carbons (Fsp3) is 0.778. The molecule has 0 radical (unpaired) electrons. The van der Waals surface area contributed by atoms with Crippen molar-refractivity contribution in [1.29, 1.82) is 5.41 Å². The first-order chi connectivity index (χ1) is 6.22. The number of hydrogen-bond donors (Lipinski definition) is 3.